The first-order chi connectivity index (χ1) is 8.16. The molecule has 6 heteroatoms. The number of ether oxygens (including phenoxy) is 1. The largest absolute Gasteiger partial charge is 0.379 e. The first-order valence-electron chi connectivity index (χ1n) is 5.72. The Balaban J connectivity index is 1.84. The van der Waals surface area contributed by atoms with Crippen LogP contribution in [0.3, 0.4) is 0 Å². The highest BCUT2D eigenvalue weighted by atomic mass is 16.5. The van der Waals surface area contributed by atoms with Gasteiger partial charge in [0.1, 0.15) is 5.82 Å². The Labute approximate surface area is 101 Å². The second kappa shape index (κ2) is 5.18. The first kappa shape index (κ1) is 11.9. The van der Waals surface area contributed by atoms with Gasteiger partial charge in [0.2, 0.25) is 0 Å². The number of carbonyl (C=O) groups is 1. The fraction of sp³-hybridized carbons (Fsp3) is 0.636. The molecule has 0 radical (unpaired) electrons. The molecule has 0 aromatic carbocycles. The van der Waals surface area contributed by atoms with Gasteiger partial charge in [-0.25, -0.2) is 9.78 Å². The van der Waals surface area contributed by atoms with E-state index < -0.39 is 0 Å². The molecule has 1 N–H and O–H groups in total. The normalized spacial score (nSPS) is 19.3. The molecule has 2 heterocycles. The molecule has 0 spiro atoms. The van der Waals surface area contributed by atoms with Crippen molar-refractivity contribution in [2.75, 3.05) is 20.3 Å². The quantitative estimate of drug-likeness (QED) is 0.826. The Morgan fingerprint density at radius 2 is 2.59 bits per heavy atom. The van der Waals surface area contributed by atoms with E-state index >= 15 is 0 Å². The second-order valence-electron chi connectivity index (χ2n) is 4.32. The van der Waals surface area contributed by atoms with Crippen LogP contribution in [-0.2, 0) is 18.3 Å². The van der Waals surface area contributed by atoms with Crippen molar-refractivity contribution in [2.24, 2.45) is 7.05 Å². The molecule has 1 aromatic rings. The maximum Gasteiger partial charge on any atom is 0.317 e. The predicted molar refractivity (Wildman–Crippen MR) is 62.4 cm³/mol. The molecule has 1 atom stereocenters. The van der Waals surface area contributed by atoms with Crippen LogP contribution in [0.4, 0.5) is 4.79 Å². The summed E-state index contributed by atoms with van der Waals surface area (Å²) >= 11 is 0. The minimum atomic E-state index is -0.0801. The van der Waals surface area contributed by atoms with Crippen molar-refractivity contribution in [1.29, 1.82) is 0 Å². The number of amides is 2. The summed E-state index contributed by atoms with van der Waals surface area (Å²) in [6.07, 6.45) is 4.49. The van der Waals surface area contributed by atoms with Gasteiger partial charge in [-0.3, -0.25) is 0 Å². The van der Waals surface area contributed by atoms with Crippen molar-refractivity contribution in [3.05, 3.63) is 18.2 Å². The first-order valence-corrected chi connectivity index (χ1v) is 5.72. The van der Waals surface area contributed by atoms with Gasteiger partial charge in [-0.15, -0.1) is 0 Å². The molecule has 0 bridgehead atoms. The van der Waals surface area contributed by atoms with Crippen molar-refractivity contribution in [3.63, 3.8) is 0 Å². The summed E-state index contributed by atoms with van der Waals surface area (Å²) in [5.41, 5.74) is 0. The third-order valence-electron chi connectivity index (χ3n) is 2.90. The fourth-order valence-corrected chi connectivity index (χ4v) is 1.77. The molecule has 0 aliphatic carbocycles. The van der Waals surface area contributed by atoms with Crippen LogP contribution in [0.15, 0.2) is 12.4 Å². The van der Waals surface area contributed by atoms with Gasteiger partial charge < -0.3 is 19.5 Å². The van der Waals surface area contributed by atoms with Crippen LogP contribution in [0.25, 0.3) is 0 Å². The number of aromatic nitrogens is 2. The Morgan fingerprint density at radius 3 is 3.18 bits per heavy atom. The van der Waals surface area contributed by atoms with Crippen LogP contribution in [0, 0.1) is 0 Å². The summed E-state index contributed by atoms with van der Waals surface area (Å²) in [5.74, 6) is 0.866. The van der Waals surface area contributed by atoms with Crippen molar-refractivity contribution >= 4 is 6.03 Å². The highest BCUT2D eigenvalue weighted by molar-refractivity contribution is 5.74. The van der Waals surface area contributed by atoms with Gasteiger partial charge in [0.05, 0.1) is 19.2 Å². The molecule has 6 nitrogen and oxygen atoms in total. The molecule has 1 aliphatic rings. The maximum absolute atomic E-state index is 11.9. The number of aryl methyl sites for hydroxylation is 1. The number of urea groups is 1. The van der Waals surface area contributed by atoms with E-state index in [4.69, 9.17) is 4.74 Å². The van der Waals surface area contributed by atoms with Crippen molar-refractivity contribution in [1.82, 2.24) is 19.8 Å². The van der Waals surface area contributed by atoms with E-state index in [1.807, 2.05) is 17.8 Å². The van der Waals surface area contributed by atoms with E-state index in [1.54, 1.807) is 18.1 Å². The van der Waals surface area contributed by atoms with Crippen LogP contribution in [0.1, 0.15) is 12.2 Å². The topological polar surface area (TPSA) is 59.4 Å². The Morgan fingerprint density at radius 1 is 1.76 bits per heavy atom. The molecule has 1 unspecified atom stereocenters. The van der Waals surface area contributed by atoms with E-state index in [-0.39, 0.29) is 12.1 Å². The molecule has 2 rings (SSSR count). The molecule has 2 amide bonds. The average Bonchev–Trinajstić information content (AvgIpc) is 2.91. The number of nitrogens with zero attached hydrogens (tertiary/aromatic N) is 3. The van der Waals surface area contributed by atoms with Gasteiger partial charge in [-0.2, -0.15) is 0 Å². The van der Waals surface area contributed by atoms with Crippen molar-refractivity contribution in [2.45, 2.75) is 19.0 Å². The lowest BCUT2D eigenvalue weighted by molar-refractivity contribution is 0.181. The minimum Gasteiger partial charge on any atom is -0.379 e. The number of nitrogens with one attached hydrogen (secondary N) is 1. The van der Waals surface area contributed by atoms with Gasteiger partial charge in [0, 0.05) is 33.1 Å². The van der Waals surface area contributed by atoms with E-state index in [0.717, 1.165) is 18.9 Å². The van der Waals surface area contributed by atoms with Crippen LogP contribution in [0.5, 0.6) is 0 Å². The Kier molecular flexibility index (Phi) is 3.63. The molecule has 0 saturated carbocycles. The van der Waals surface area contributed by atoms with E-state index in [1.165, 1.54) is 0 Å². The number of rotatable bonds is 3. The zero-order valence-corrected chi connectivity index (χ0v) is 10.2. The average molecular weight is 238 g/mol. The van der Waals surface area contributed by atoms with Gasteiger partial charge in [0.15, 0.2) is 0 Å². The third kappa shape index (κ3) is 2.97. The van der Waals surface area contributed by atoms with Gasteiger partial charge in [0.25, 0.3) is 0 Å². The zero-order valence-electron chi connectivity index (χ0n) is 10.2. The van der Waals surface area contributed by atoms with Crippen molar-refractivity contribution < 1.29 is 9.53 Å². The summed E-state index contributed by atoms with van der Waals surface area (Å²) < 4.78 is 7.12. The summed E-state index contributed by atoms with van der Waals surface area (Å²) in [5, 5.41) is 2.94. The van der Waals surface area contributed by atoms with Gasteiger partial charge in [-0.05, 0) is 6.42 Å². The number of hydrogen-bond acceptors (Lipinski definition) is 3. The summed E-state index contributed by atoms with van der Waals surface area (Å²) in [4.78, 5) is 17.7. The van der Waals surface area contributed by atoms with Gasteiger partial charge >= 0.3 is 6.03 Å². The number of imidazole rings is 1. The summed E-state index contributed by atoms with van der Waals surface area (Å²) in [6.45, 7) is 1.85. The number of hydrogen-bond donors (Lipinski definition) is 1. The second-order valence-corrected chi connectivity index (χ2v) is 4.32. The Bertz CT molecular complexity index is 385. The Hall–Kier alpha value is -1.56. The van der Waals surface area contributed by atoms with E-state index in [9.17, 15) is 4.79 Å². The lowest BCUT2D eigenvalue weighted by Crippen LogP contribution is -2.43. The van der Waals surface area contributed by atoms with Crippen LogP contribution in [-0.4, -0.2) is 46.8 Å². The molecule has 1 aromatic heterocycles. The molecule has 17 heavy (non-hydrogen) atoms. The molecule has 1 aliphatic heterocycles. The molecule has 1 saturated heterocycles. The molecular formula is C11H18N4O2. The fourth-order valence-electron chi connectivity index (χ4n) is 1.77. The molecular weight excluding hydrogens is 220 g/mol. The minimum absolute atomic E-state index is 0.0801. The SMILES string of the molecule is CN(Cc1nccn1C)C(=O)NC1CCOC1. The number of carbonyl (C=O) groups excluding carboxylic acids is 1. The zero-order chi connectivity index (χ0) is 12.3. The van der Waals surface area contributed by atoms with E-state index in [0.29, 0.717) is 13.2 Å². The smallest absolute Gasteiger partial charge is 0.317 e. The summed E-state index contributed by atoms with van der Waals surface area (Å²) in [6, 6.07) is 0.0646. The van der Waals surface area contributed by atoms with Crippen LogP contribution < -0.4 is 5.32 Å². The predicted octanol–water partition coefficient (Wildman–Crippen LogP) is 0.350. The molecule has 1 fully saturated rings. The van der Waals surface area contributed by atoms with Gasteiger partial charge in [-0.1, -0.05) is 0 Å². The summed E-state index contributed by atoms with van der Waals surface area (Å²) in [7, 11) is 3.68. The lowest BCUT2D eigenvalue weighted by Gasteiger charge is -2.20. The monoisotopic (exact) mass is 238 g/mol. The van der Waals surface area contributed by atoms with Crippen LogP contribution >= 0.6 is 0 Å². The highest BCUT2D eigenvalue weighted by Gasteiger charge is 2.20. The lowest BCUT2D eigenvalue weighted by atomic mass is 10.3. The van der Waals surface area contributed by atoms with E-state index in [2.05, 4.69) is 10.3 Å². The van der Waals surface area contributed by atoms with Crippen molar-refractivity contribution in [3.8, 4) is 0 Å². The standard InChI is InChI=1S/C11H18N4O2/c1-14-5-4-12-10(14)7-15(2)11(16)13-9-3-6-17-8-9/h4-5,9H,3,6-8H2,1-2H3,(H,13,16). The third-order valence-corrected chi connectivity index (χ3v) is 2.90. The highest BCUT2D eigenvalue weighted by Crippen LogP contribution is 2.05. The van der Waals surface area contributed by atoms with Crippen LogP contribution in [0.2, 0.25) is 0 Å². The molecule has 94 valence electrons. The maximum atomic E-state index is 11.9.